The van der Waals surface area contributed by atoms with Gasteiger partial charge in [0.2, 0.25) is 0 Å². The molecule has 0 N–H and O–H groups in total. The van der Waals surface area contributed by atoms with Crippen molar-refractivity contribution in [1.29, 1.82) is 0 Å². The molecule has 33 heavy (non-hydrogen) atoms. The molecule has 0 aromatic heterocycles. The zero-order valence-corrected chi connectivity index (χ0v) is 19.1. The molecule has 6 aromatic carbocycles. The maximum absolute atomic E-state index is 12.1. The van der Waals surface area contributed by atoms with Gasteiger partial charge in [-0.05, 0) is 74.1 Å². The minimum absolute atomic E-state index is 0.160. The molecule has 1 aliphatic rings. The van der Waals surface area contributed by atoms with Crippen molar-refractivity contribution < 1.29 is 4.79 Å². The van der Waals surface area contributed by atoms with Crippen LogP contribution in [0.1, 0.15) is 27.0 Å². The van der Waals surface area contributed by atoms with Gasteiger partial charge in [-0.3, -0.25) is 4.79 Å². The Balaban J connectivity index is 0.000000127. The molecule has 0 saturated carbocycles. The van der Waals surface area contributed by atoms with E-state index in [1.165, 1.54) is 32.3 Å². The van der Waals surface area contributed by atoms with Crippen molar-refractivity contribution in [3.05, 3.63) is 129 Å². The van der Waals surface area contributed by atoms with Gasteiger partial charge in [0.05, 0.1) is 0 Å². The van der Waals surface area contributed by atoms with E-state index in [4.69, 9.17) is 23.2 Å². The molecule has 1 aliphatic carbocycles. The predicted octanol–water partition coefficient (Wildman–Crippen LogP) is 8.71. The fourth-order valence-electron chi connectivity index (χ4n) is 4.90. The van der Waals surface area contributed by atoms with Crippen LogP contribution in [0.15, 0.2) is 97.1 Å². The Morgan fingerprint density at radius 1 is 0.515 bits per heavy atom. The van der Waals surface area contributed by atoms with Crippen LogP contribution in [0.5, 0.6) is 0 Å². The summed E-state index contributed by atoms with van der Waals surface area (Å²) >= 11 is 12.3. The first-order valence-electron chi connectivity index (χ1n) is 10.8. The van der Waals surface area contributed by atoms with E-state index in [1.54, 1.807) is 0 Å². The lowest BCUT2D eigenvalue weighted by Crippen LogP contribution is -2.14. The van der Waals surface area contributed by atoms with Crippen LogP contribution in [-0.2, 0) is 6.42 Å². The SMILES string of the molecule is Clc1cc2ccc3cc(Cl)cc4ccc(c1)c2c34.O=C1c2ccccc2Cc2ccccc21. The average molecular weight is 465 g/mol. The number of carbonyl (C=O) groups is 1. The molecular formula is C30H18Cl2O. The van der Waals surface area contributed by atoms with Crippen LogP contribution in [0.3, 0.4) is 0 Å². The second-order valence-electron chi connectivity index (χ2n) is 8.41. The molecule has 1 nitrogen and oxygen atoms in total. The van der Waals surface area contributed by atoms with E-state index in [2.05, 4.69) is 24.3 Å². The van der Waals surface area contributed by atoms with Gasteiger partial charge >= 0.3 is 0 Å². The van der Waals surface area contributed by atoms with Crippen molar-refractivity contribution in [2.75, 3.05) is 0 Å². The summed E-state index contributed by atoms with van der Waals surface area (Å²) in [6.07, 6.45) is 0.873. The zero-order valence-electron chi connectivity index (χ0n) is 17.6. The van der Waals surface area contributed by atoms with Crippen LogP contribution in [0.2, 0.25) is 10.0 Å². The number of halogens is 2. The van der Waals surface area contributed by atoms with E-state index in [9.17, 15) is 4.79 Å². The number of fused-ring (bicyclic) bond motifs is 2. The summed E-state index contributed by atoms with van der Waals surface area (Å²) in [7, 11) is 0. The molecule has 0 fully saturated rings. The van der Waals surface area contributed by atoms with Crippen LogP contribution in [0.4, 0.5) is 0 Å². The summed E-state index contributed by atoms with van der Waals surface area (Å²) in [6.45, 7) is 0. The van der Waals surface area contributed by atoms with Gasteiger partial charge in [0.25, 0.3) is 0 Å². The van der Waals surface area contributed by atoms with Crippen molar-refractivity contribution in [3.63, 3.8) is 0 Å². The summed E-state index contributed by atoms with van der Waals surface area (Å²) in [6, 6.07) is 32.2. The third-order valence-corrected chi connectivity index (χ3v) is 6.80. The van der Waals surface area contributed by atoms with Gasteiger partial charge < -0.3 is 0 Å². The monoisotopic (exact) mass is 464 g/mol. The summed E-state index contributed by atoms with van der Waals surface area (Å²) in [4.78, 5) is 12.1. The van der Waals surface area contributed by atoms with Gasteiger partial charge in [-0.1, -0.05) is 96.0 Å². The number of benzene rings is 6. The molecular weight excluding hydrogens is 447 g/mol. The quantitative estimate of drug-likeness (QED) is 0.205. The van der Waals surface area contributed by atoms with Crippen molar-refractivity contribution >= 4 is 61.3 Å². The fourth-order valence-corrected chi connectivity index (χ4v) is 5.37. The first kappa shape index (κ1) is 20.2. The third-order valence-electron chi connectivity index (χ3n) is 6.37. The highest BCUT2D eigenvalue weighted by Crippen LogP contribution is 2.37. The summed E-state index contributed by atoms with van der Waals surface area (Å²) in [5, 5.41) is 8.81. The molecule has 0 amide bonds. The standard InChI is InChI=1S/C16H8Cl2.C14H10O/c17-13-5-9-1-2-10-6-14(18)8-12-4-3-11(7-13)15(9)16(10)12;15-14-12-7-3-1-5-10(12)9-11-6-2-4-8-13(11)14/h1-8H;1-8H,9H2. The molecule has 0 bridgehead atoms. The molecule has 6 aromatic rings. The van der Waals surface area contributed by atoms with Crippen LogP contribution < -0.4 is 0 Å². The van der Waals surface area contributed by atoms with E-state index >= 15 is 0 Å². The van der Waals surface area contributed by atoms with Gasteiger partial charge in [-0.2, -0.15) is 0 Å². The molecule has 158 valence electrons. The lowest BCUT2D eigenvalue weighted by molar-refractivity contribution is 0.103. The Hall–Kier alpha value is -3.39. The Bertz CT molecular complexity index is 1490. The summed E-state index contributed by atoms with van der Waals surface area (Å²) in [5.74, 6) is 0.160. The maximum atomic E-state index is 12.1. The van der Waals surface area contributed by atoms with E-state index < -0.39 is 0 Å². The number of hydrogen-bond donors (Lipinski definition) is 0. The van der Waals surface area contributed by atoms with Crippen LogP contribution in [-0.4, -0.2) is 5.78 Å². The van der Waals surface area contributed by atoms with Crippen molar-refractivity contribution in [2.24, 2.45) is 0 Å². The Morgan fingerprint density at radius 2 is 0.879 bits per heavy atom. The van der Waals surface area contributed by atoms with Crippen LogP contribution in [0, 0.1) is 0 Å². The van der Waals surface area contributed by atoms with Crippen LogP contribution in [0.25, 0.3) is 32.3 Å². The van der Waals surface area contributed by atoms with Gasteiger partial charge in [0, 0.05) is 21.2 Å². The van der Waals surface area contributed by atoms with Crippen LogP contribution >= 0.6 is 23.2 Å². The molecule has 0 atom stereocenters. The minimum Gasteiger partial charge on any atom is -0.289 e. The van der Waals surface area contributed by atoms with E-state index in [0.717, 1.165) is 38.7 Å². The van der Waals surface area contributed by atoms with E-state index in [1.807, 2.05) is 72.8 Å². The third kappa shape index (κ3) is 3.45. The highest BCUT2D eigenvalue weighted by atomic mass is 35.5. The molecule has 7 rings (SSSR count). The van der Waals surface area contributed by atoms with Crippen molar-refractivity contribution in [1.82, 2.24) is 0 Å². The fraction of sp³-hybridized carbons (Fsp3) is 0.0333. The average Bonchev–Trinajstić information content (AvgIpc) is 2.82. The first-order valence-corrected chi connectivity index (χ1v) is 11.6. The van der Waals surface area contributed by atoms with E-state index in [0.29, 0.717) is 0 Å². The number of hydrogen-bond acceptors (Lipinski definition) is 1. The summed E-state index contributed by atoms with van der Waals surface area (Å²) in [5.41, 5.74) is 4.00. The number of ketones is 1. The smallest absolute Gasteiger partial charge is 0.193 e. The zero-order chi connectivity index (χ0) is 22.5. The van der Waals surface area contributed by atoms with Crippen molar-refractivity contribution in [2.45, 2.75) is 6.42 Å². The lowest BCUT2D eigenvalue weighted by atomic mass is 9.85. The predicted molar refractivity (Wildman–Crippen MR) is 139 cm³/mol. The molecule has 0 saturated heterocycles. The molecule has 0 radical (unpaired) electrons. The minimum atomic E-state index is 0.160. The molecule has 3 heteroatoms. The highest BCUT2D eigenvalue weighted by molar-refractivity contribution is 6.35. The maximum Gasteiger partial charge on any atom is 0.193 e. The highest BCUT2D eigenvalue weighted by Gasteiger charge is 2.21. The first-order chi connectivity index (χ1) is 16.1. The normalized spacial score (nSPS) is 12.5. The molecule has 0 spiro atoms. The second kappa shape index (κ2) is 7.88. The Kier molecular flexibility index (Phi) is 4.83. The topological polar surface area (TPSA) is 17.1 Å². The summed E-state index contributed by atoms with van der Waals surface area (Å²) < 4.78 is 0. The van der Waals surface area contributed by atoms with Gasteiger partial charge in [-0.15, -0.1) is 0 Å². The van der Waals surface area contributed by atoms with Crippen molar-refractivity contribution in [3.8, 4) is 0 Å². The largest absolute Gasteiger partial charge is 0.289 e. The Labute approximate surface area is 201 Å². The Morgan fingerprint density at radius 3 is 1.27 bits per heavy atom. The number of rotatable bonds is 0. The lowest BCUT2D eigenvalue weighted by Gasteiger charge is -2.17. The second-order valence-corrected chi connectivity index (χ2v) is 9.28. The van der Waals surface area contributed by atoms with Gasteiger partial charge in [-0.25, -0.2) is 0 Å². The van der Waals surface area contributed by atoms with Gasteiger partial charge in [0.1, 0.15) is 0 Å². The number of carbonyl (C=O) groups excluding carboxylic acids is 1. The molecule has 0 aliphatic heterocycles. The van der Waals surface area contributed by atoms with E-state index in [-0.39, 0.29) is 5.78 Å². The van der Waals surface area contributed by atoms with Gasteiger partial charge in [0.15, 0.2) is 5.78 Å². The molecule has 0 heterocycles. The molecule has 0 unspecified atom stereocenters.